The molecule has 25 heavy (non-hydrogen) atoms. The molecular weight excluding hydrogens is 341 g/mol. The molecule has 2 rings (SSSR count). The van der Waals surface area contributed by atoms with Crippen LogP contribution in [-0.2, 0) is 11.2 Å². The molecular formula is C19H22FNO3S. The number of thioether (sulfide) groups is 1. The minimum absolute atomic E-state index is 0.155. The Labute approximate surface area is 151 Å². The molecule has 0 saturated carbocycles. The van der Waals surface area contributed by atoms with E-state index >= 15 is 0 Å². The fraction of sp³-hybridized carbons (Fsp3) is 0.316. The number of amides is 1. The number of carbonyl (C=O) groups is 1. The van der Waals surface area contributed by atoms with Crippen LogP contribution in [0, 0.1) is 5.82 Å². The first-order valence-electron chi connectivity index (χ1n) is 7.88. The molecule has 0 saturated heterocycles. The number of benzene rings is 2. The van der Waals surface area contributed by atoms with E-state index in [1.165, 1.54) is 23.9 Å². The van der Waals surface area contributed by atoms with Crippen molar-refractivity contribution in [2.75, 3.05) is 19.4 Å². The number of hydrogen-bond acceptors (Lipinski definition) is 4. The van der Waals surface area contributed by atoms with Crippen LogP contribution in [0.1, 0.15) is 12.5 Å². The van der Waals surface area contributed by atoms with Gasteiger partial charge in [0.05, 0.1) is 18.5 Å². The van der Waals surface area contributed by atoms with Gasteiger partial charge in [0.2, 0.25) is 5.91 Å². The number of hydrogen-bond donors (Lipinski definition) is 2. The summed E-state index contributed by atoms with van der Waals surface area (Å²) in [6, 6.07) is 13.4. The Morgan fingerprint density at radius 1 is 1.20 bits per heavy atom. The Morgan fingerprint density at radius 2 is 1.84 bits per heavy atom. The zero-order valence-corrected chi connectivity index (χ0v) is 15.1. The molecule has 0 aromatic heterocycles. The highest BCUT2D eigenvalue weighted by molar-refractivity contribution is 8.00. The van der Waals surface area contributed by atoms with Gasteiger partial charge >= 0.3 is 0 Å². The van der Waals surface area contributed by atoms with Crippen molar-refractivity contribution in [3.05, 3.63) is 59.9 Å². The SMILES string of the molecule is COc1ccc(C[C@](C)(O)CNC(=O)CSc2ccc(F)cc2)cc1. The molecule has 2 aromatic rings. The van der Waals surface area contributed by atoms with Crippen LogP contribution in [0.4, 0.5) is 4.39 Å². The van der Waals surface area contributed by atoms with Crippen molar-refractivity contribution in [2.45, 2.75) is 23.8 Å². The summed E-state index contributed by atoms with van der Waals surface area (Å²) in [4.78, 5) is 12.8. The maximum absolute atomic E-state index is 12.8. The summed E-state index contributed by atoms with van der Waals surface area (Å²) in [6.07, 6.45) is 0.419. The number of halogens is 1. The monoisotopic (exact) mass is 363 g/mol. The zero-order chi connectivity index (χ0) is 18.3. The molecule has 1 amide bonds. The van der Waals surface area contributed by atoms with Crippen LogP contribution in [0.2, 0.25) is 0 Å². The number of aliphatic hydroxyl groups is 1. The summed E-state index contributed by atoms with van der Waals surface area (Å²) in [5.41, 5.74) is -0.0918. The van der Waals surface area contributed by atoms with Crippen molar-refractivity contribution in [3.63, 3.8) is 0 Å². The quantitative estimate of drug-likeness (QED) is 0.708. The van der Waals surface area contributed by atoms with Crippen molar-refractivity contribution < 1.29 is 19.0 Å². The molecule has 0 spiro atoms. The first-order valence-corrected chi connectivity index (χ1v) is 8.87. The van der Waals surface area contributed by atoms with Crippen molar-refractivity contribution in [3.8, 4) is 5.75 Å². The summed E-state index contributed by atoms with van der Waals surface area (Å²) >= 11 is 1.32. The van der Waals surface area contributed by atoms with Crippen LogP contribution in [0.5, 0.6) is 5.75 Å². The molecule has 0 aliphatic carbocycles. The van der Waals surface area contributed by atoms with Crippen LogP contribution in [0.25, 0.3) is 0 Å². The highest BCUT2D eigenvalue weighted by Gasteiger charge is 2.22. The molecule has 6 heteroatoms. The molecule has 0 heterocycles. The second-order valence-corrected chi connectivity index (χ2v) is 7.09. The van der Waals surface area contributed by atoms with Gasteiger partial charge in [0.1, 0.15) is 11.6 Å². The average molecular weight is 363 g/mol. The van der Waals surface area contributed by atoms with Gasteiger partial charge in [-0.3, -0.25) is 4.79 Å². The Hall–Kier alpha value is -2.05. The third-order valence-corrected chi connectivity index (χ3v) is 4.61. The summed E-state index contributed by atoms with van der Waals surface area (Å²) in [5, 5.41) is 13.2. The Bertz CT molecular complexity index is 687. The van der Waals surface area contributed by atoms with Gasteiger partial charge < -0.3 is 15.2 Å². The van der Waals surface area contributed by atoms with E-state index in [9.17, 15) is 14.3 Å². The molecule has 1 atom stereocenters. The summed E-state index contributed by atoms with van der Waals surface area (Å²) in [7, 11) is 1.60. The fourth-order valence-electron chi connectivity index (χ4n) is 2.27. The summed E-state index contributed by atoms with van der Waals surface area (Å²) in [6.45, 7) is 1.84. The van der Waals surface area contributed by atoms with E-state index in [4.69, 9.17) is 4.74 Å². The molecule has 134 valence electrons. The van der Waals surface area contributed by atoms with Crippen LogP contribution in [0.15, 0.2) is 53.4 Å². The van der Waals surface area contributed by atoms with E-state index in [0.29, 0.717) is 6.42 Å². The lowest BCUT2D eigenvalue weighted by molar-refractivity contribution is -0.119. The molecule has 0 unspecified atom stereocenters. The normalized spacial score (nSPS) is 13.1. The summed E-state index contributed by atoms with van der Waals surface area (Å²) < 4.78 is 17.9. The van der Waals surface area contributed by atoms with Crippen LogP contribution >= 0.6 is 11.8 Å². The van der Waals surface area contributed by atoms with Gasteiger partial charge in [-0.05, 0) is 48.9 Å². The van der Waals surface area contributed by atoms with E-state index in [0.717, 1.165) is 16.2 Å². The van der Waals surface area contributed by atoms with E-state index in [-0.39, 0.29) is 24.0 Å². The Kier molecular flexibility index (Phi) is 6.84. The predicted molar refractivity (Wildman–Crippen MR) is 97.5 cm³/mol. The molecule has 0 aliphatic rings. The van der Waals surface area contributed by atoms with Gasteiger partial charge in [-0.1, -0.05) is 12.1 Å². The second kappa shape index (κ2) is 8.87. The minimum Gasteiger partial charge on any atom is -0.497 e. The number of carbonyl (C=O) groups excluding carboxylic acids is 1. The number of rotatable bonds is 8. The van der Waals surface area contributed by atoms with Crippen molar-refractivity contribution >= 4 is 17.7 Å². The third kappa shape index (κ3) is 6.76. The van der Waals surface area contributed by atoms with Crippen molar-refractivity contribution in [1.82, 2.24) is 5.32 Å². The van der Waals surface area contributed by atoms with Gasteiger partial charge in [0.15, 0.2) is 0 Å². The maximum Gasteiger partial charge on any atom is 0.230 e. The summed E-state index contributed by atoms with van der Waals surface area (Å²) in [5.74, 6) is 0.492. The highest BCUT2D eigenvalue weighted by Crippen LogP contribution is 2.19. The van der Waals surface area contributed by atoms with Gasteiger partial charge in [-0.15, -0.1) is 11.8 Å². The predicted octanol–water partition coefficient (Wildman–Crippen LogP) is 3.04. The number of nitrogens with one attached hydrogen (secondary N) is 1. The van der Waals surface area contributed by atoms with Crippen LogP contribution in [0.3, 0.4) is 0 Å². The van der Waals surface area contributed by atoms with E-state index in [1.807, 2.05) is 24.3 Å². The maximum atomic E-state index is 12.8. The molecule has 2 N–H and O–H groups in total. The van der Waals surface area contributed by atoms with Gasteiger partial charge in [0, 0.05) is 17.9 Å². The van der Waals surface area contributed by atoms with Crippen molar-refractivity contribution in [1.29, 1.82) is 0 Å². The molecule has 0 bridgehead atoms. The fourth-order valence-corrected chi connectivity index (χ4v) is 2.99. The standard InChI is InChI=1S/C19H22FNO3S/c1-19(23,11-14-3-7-16(24-2)8-4-14)13-21-18(22)12-25-17-9-5-15(20)6-10-17/h3-10,23H,11-13H2,1-2H3,(H,21,22)/t19-/m0/s1. The van der Waals surface area contributed by atoms with Gasteiger partial charge in [-0.2, -0.15) is 0 Å². The molecule has 0 aliphatic heterocycles. The van der Waals surface area contributed by atoms with E-state index in [2.05, 4.69) is 5.32 Å². The molecule has 0 radical (unpaired) electrons. The van der Waals surface area contributed by atoms with Crippen molar-refractivity contribution in [2.24, 2.45) is 0 Å². The Morgan fingerprint density at radius 3 is 2.44 bits per heavy atom. The van der Waals surface area contributed by atoms with Gasteiger partial charge in [-0.25, -0.2) is 4.39 Å². The zero-order valence-electron chi connectivity index (χ0n) is 14.3. The van der Waals surface area contributed by atoms with Crippen LogP contribution < -0.4 is 10.1 Å². The van der Waals surface area contributed by atoms with E-state index in [1.54, 1.807) is 26.2 Å². The second-order valence-electron chi connectivity index (χ2n) is 6.04. The molecule has 4 nitrogen and oxygen atoms in total. The lowest BCUT2D eigenvalue weighted by Crippen LogP contribution is -2.42. The topological polar surface area (TPSA) is 58.6 Å². The van der Waals surface area contributed by atoms with Crippen LogP contribution in [-0.4, -0.2) is 36.0 Å². The number of methoxy groups -OCH3 is 1. The smallest absolute Gasteiger partial charge is 0.230 e. The van der Waals surface area contributed by atoms with Gasteiger partial charge in [0.25, 0.3) is 0 Å². The number of ether oxygens (including phenoxy) is 1. The first-order chi connectivity index (χ1) is 11.9. The lowest BCUT2D eigenvalue weighted by atomic mass is 9.96. The third-order valence-electron chi connectivity index (χ3n) is 3.59. The highest BCUT2D eigenvalue weighted by atomic mass is 32.2. The molecule has 0 fully saturated rings. The average Bonchev–Trinajstić information content (AvgIpc) is 2.60. The van der Waals surface area contributed by atoms with E-state index < -0.39 is 5.60 Å². The largest absolute Gasteiger partial charge is 0.497 e. The molecule has 2 aromatic carbocycles. The first kappa shape index (κ1) is 19.3. The minimum atomic E-state index is -1.05. The lowest BCUT2D eigenvalue weighted by Gasteiger charge is -2.24. The Balaban J connectivity index is 1.77.